The smallest absolute Gasteiger partial charge is 0.309 e. The van der Waals surface area contributed by atoms with Crippen molar-refractivity contribution in [2.24, 2.45) is 11.8 Å². The van der Waals surface area contributed by atoms with E-state index >= 15 is 0 Å². The van der Waals surface area contributed by atoms with E-state index in [0.717, 1.165) is 18.4 Å². The number of rotatable bonds is 6. The number of aliphatic carboxylic acids is 1. The first-order valence-electron chi connectivity index (χ1n) is 9.35. The molecule has 2 aliphatic heterocycles. The lowest BCUT2D eigenvalue weighted by Gasteiger charge is -2.36. The van der Waals surface area contributed by atoms with Gasteiger partial charge in [-0.3, -0.25) is 9.59 Å². The Morgan fingerprint density at radius 1 is 1.23 bits per heavy atom. The fourth-order valence-corrected chi connectivity index (χ4v) is 3.91. The SMILES string of the molecule is CC(OCc1ccccc1)C(=O)N1CCC([C@@H]2OCCC2C(=O)O)CC1. The summed E-state index contributed by atoms with van der Waals surface area (Å²) in [5.74, 6) is -0.964. The van der Waals surface area contributed by atoms with Crippen molar-refractivity contribution in [1.29, 1.82) is 0 Å². The van der Waals surface area contributed by atoms with Crippen LogP contribution in [0.2, 0.25) is 0 Å². The van der Waals surface area contributed by atoms with Crippen LogP contribution in [0.5, 0.6) is 0 Å². The Bertz CT molecular complexity index is 612. The van der Waals surface area contributed by atoms with Crippen LogP contribution in [-0.4, -0.2) is 53.8 Å². The standard InChI is InChI=1S/C20H27NO5/c1-14(26-13-15-5-3-2-4-6-15)19(22)21-10-7-16(8-11-21)18-17(20(23)24)9-12-25-18/h2-6,14,16-18H,7-13H2,1H3,(H,23,24)/t14?,17?,18-/m0/s1. The van der Waals surface area contributed by atoms with Gasteiger partial charge < -0.3 is 19.5 Å². The molecule has 0 spiro atoms. The molecule has 0 saturated carbocycles. The van der Waals surface area contributed by atoms with Crippen LogP contribution in [0.15, 0.2) is 30.3 Å². The molecule has 26 heavy (non-hydrogen) atoms. The Morgan fingerprint density at radius 3 is 2.58 bits per heavy atom. The van der Waals surface area contributed by atoms with E-state index in [0.29, 0.717) is 32.7 Å². The molecule has 3 atom stereocenters. The largest absolute Gasteiger partial charge is 0.481 e. The lowest BCUT2D eigenvalue weighted by Crippen LogP contribution is -2.46. The molecule has 1 aromatic carbocycles. The van der Waals surface area contributed by atoms with Gasteiger partial charge in [0.1, 0.15) is 6.10 Å². The van der Waals surface area contributed by atoms with E-state index in [1.807, 2.05) is 35.2 Å². The van der Waals surface area contributed by atoms with E-state index in [1.165, 1.54) is 0 Å². The molecule has 6 heteroatoms. The second-order valence-corrected chi connectivity index (χ2v) is 7.17. The van der Waals surface area contributed by atoms with Crippen LogP contribution in [0, 0.1) is 11.8 Å². The third-order valence-corrected chi connectivity index (χ3v) is 5.46. The molecule has 3 rings (SSSR count). The lowest BCUT2D eigenvalue weighted by atomic mass is 9.84. The van der Waals surface area contributed by atoms with Crippen LogP contribution in [0.3, 0.4) is 0 Å². The molecular weight excluding hydrogens is 334 g/mol. The molecular formula is C20H27NO5. The average molecular weight is 361 g/mol. The Morgan fingerprint density at radius 2 is 1.92 bits per heavy atom. The maximum absolute atomic E-state index is 12.6. The molecule has 0 radical (unpaired) electrons. The first-order chi connectivity index (χ1) is 12.6. The minimum atomic E-state index is -0.769. The van der Waals surface area contributed by atoms with Gasteiger partial charge in [0, 0.05) is 19.7 Å². The minimum absolute atomic E-state index is 0.00139. The van der Waals surface area contributed by atoms with E-state index in [-0.39, 0.29) is 17.9 Å². The highest BCUT2D eigenvalue weighted by Crippen LogP contribution is 2.33. The Hall–Kier alpha value is -1.92. The molecule has 1 aromatic rings. The maximum atomic E-state index is 12.6. The van der Waals surface area contributed by atoms with Crippen LogP contribution in [0.1, 0.15) is 31.7 Å². The molecule has 1 amide bonds. The summed E-state index contributed by atoms with van der Waals surface area (Å²) >= 11 is 0. The van der Waals surface area contributed by atoms with Gasteiger partial charge >= 0.3 is 5.97 Å². The molecule has 0 bridgehead atoms. The van der Waals surface area contributed by atoms with Crippen molar-refractivity contribution in [3.8, 4) is 0 Å². The van der Waals surface area contributed by atoms with Crippen LogP contribution in [0.4, 0.5) is 0 Å². The first kappa shape index (κ1) is 18.9. The molecule has 142 valence electrons. The Kier molecular flexibility index (Phi) is 6.27. The number of hydrogen-bond acceptors (Lipinski definition) is 4. The zero-order chi connectivity index (χ0) is 18.5. The van der Waals surface area contributed by atoms with Crippen LogP contribution < -0.4 is 0 Å². The van der Waals surface area contributed by atoms with Crippen molar-refractivity contribution in [1.82, 2.24) is 4.90 Å². The zero-order valence-corrected chi connectivity index (χ0v) is 15.2. The molecule has 2 fully saturated rings. The molecule has 2 aliphatic rings. The normalized spacial score (nSPS) is 25.2. The third-order valence-electron chi connectivity index (χ3n) is 5.46. The van der Waals surface area contributed by atoms with Gasteiger partial charge in [-0.1, -0.05) is 30.3 Å². The number of carboxylic acids is 1. The Balaban J connectivity index is 1.46. The number of nitrogens with zero attached hydrogens (tertiary/aromatic N) is 1. The summed E-state index contributed by atoms with van der Waals surface area (Å²) in [7, 11) is 0. The van der Waals surface area contributed by atoms with Gasteiger partial charge in [-0.05, 0) is 37.7 Å². The molecule has 6 nitrogen and oxygen atoms in total. The number of amides is 1. The predicted molar refractivity (Wildman–Crippen MR) is 95.5 cm³/mol. The van der Waals surface area contributed by atoms with Gasteiger partial charge in [0.2, 0.25) is 0 Å². The second-order valence-electron chi connectivity index (χ2n) is 7.17. The fourth-order valence-electron chi connectivity index (χ4n) is 3.91. The monoisotopic (exact) mass is 361 g/mol. The van der Waals surface area contributed by atoms with Crippen molar-refractivity contribution >= 4 is 11.9 Å². The van der Waals surface area contributed by atoms with Gasteiger partial charge in [0.05, 0.1) is 18.6 Å². The van der Waals surface area contributed by atoms with Crippen molar-refractivity contribution in [2.75, 3.05) is 19.7 Å². The highest BCUT2D eigenvalue weighted by molar-refractivity contribution is 5.80. The summed E-state index contributed by atoms with van der Waals surface area (Å²) in [4.78, 5) is 25.8. The number of hydrogen-bond donors (Lipinski definition) is 1. The second kappa shape index (κ2) is 8.64. The number of carboxylic acid groups (broad SMARTS) is 1. The molecule has 2 unspecified atom stereocenters. The third kappa shape index (κ3) is 4.43. The molecule has 1 N–H and O–H groups in total. The summed E-state index contributed by atoms with van der Waals surface area (Å²) in [5, 5.41) is 9.32. The highest BCUT2D eigenvalue weighted by Gasteiger charge is 2.41. The zero-order valence-electron chi connectivity index (χ0n) is 15.2. The number of carbonyl (C=O) groups is 2. The number of ether oxygens (including phenoxy) is 2. The van der Waals surface area contributed by atoms with Crippen molar-refractivity contribution in [2.45, 2.75) is 45.0 Å². The lowest BCUT2D eigenvalue weighted by molar-refractivity contribution is -0.148. The summed E-state index contributed by atoms with van der Waals surface area (Å²) in [6.07, 6.45) is 1.46. The van der Waals surface area contributed by atoms with E-state index in [1.54, 1.807) is 6.92 Å². The number of likely N-dealkylation sites (tertiary alicyclic amines) is 1. The number of benzene rings is 1. The maximum Gasteiger partial charge on any atom is 0.309 e. The van der Waals surface area contributed by atoms with Gasteiger partial charge in [-0.2, -0.15) is 0 Å². The first-order valence-corrected chi connectivity index (χ1v) is 9.35. The predicted octanol–water partition coefficient (Wildman–Crippen LogP) is 2.32. The van der Waals surface area contributed by atoms with Crippen molar-refractivity contribution < 1.29 is 24.2 Å². The summed E-state index contributed by atoms with van der Waals surface area (Å²) in [6, 6.07) is 9.80. The van der Waals surface area contributed by atoms with Gasteiger partial charge in [0.25, 0.3) is 5.91 Å². The van der Waals surface area contributed by atoms with Gasteiger partial charge in [-0.25, -0.2) is 0 Å². The minimum Gasteiger partial charge on any atom is -0.481 e. The van der Waals surface area contributed by atoms with Gasteiger partial charge in [-0.15, -0.1) is 0 Å². The fraction of sp³-hybridized carbons (Fsp3) is 0.600. The van der Waals surface area contributed by atoms with E-state index in [2.05, 4.69) is 0 Å². The summed E-state index contributed by atoms with van der Waals surface area (Å²) < 4.78 is 11.4. The van der Waals surface area contributed by atoms with Crippen LogP contribution >= 0.6 is 0 Å². The van der Waals surface area contributed by atoms with Gasteiger partial charge in [0.15, 0.2) is 0 Å². The molecule has 2 saturated heterocycles. The summed E-state index contributed by atoms with van der Waals surface area (Å²) in [5.41, 5.74) is 1.05. The highest BCUT2D eigenvalue weighted by atomic mass is 16.5. The Labute approximate surface area is 154 Å². The van der Waals surface area contributed by atoms with E-state index < -0.39 is 18.0 Å². The molecule has 0 aromatic heterocycles. The van der Waals surface area contributed by atoms with Crippen LogP contribution in [-0.2, 0) is 25.7 Å². The number of piperidine rings is 1. The summed E-state index contributed by atoms with van der Waals surface area (Å²) in [6.45, 7) is 3.99. The van der Waals surface area contributed by atoms with E-state index in [9.17, 15) is 14.7 Å². The van der Waals surface area contributed by atoms with Crippen LogP contribution in [0.25, 0.3) is 0 Å². The molecule has 2 heterocycles. The van der Waals surface area contributed by atoms with Crippen molar-refractivity contribution in [3.05, 3.63) is 35.9 Å². The average Bonchev–Trinajstić information content (AvgIpc) is 3.16. The topological polar surface area (TPSA) is 76.1 Å². The molecule has 0 aliphatic carbocycles. The number of carbonyl (C=O) groups excluding carboxylic acids is 1. The van der Waals surface area contributed by atoms with Crippen molar-refractivity contribution in [3.63, 3.8) is 0 Å². The van der Waals surface area contributed by atoms with E-state index in [4.69, 9.17) is 9.47 Å². The quantitative estimate of drug-likeness (QED) is 0.841.